The van der Waals surface area contributed by atoms with Gasteiger partial charge in [-0.25, -0.2) is 9.67 Å². The van der Waals surface area contributed by atoms with Crippen LogP contribution in [0.2, 0.25) is 0 Å². The van der Waals surface area contributed by atoms with E-state index in [-0.39, 0.29) is 5.60 Å². The van der Waals surface area contributed by atoms with Crippen molar-refractivity contribution in [3.63, 3.8) is 0 Å². The standard InChI is InChI=1S/C21H31N5O/c1-5-22-20(24-15-21(4)12-9-13-27-21)23-14-19-16(2)25-26(17(19)3)18-10-7-6-8-11-18/h6-8,10-11H,5,9,12-15H2,1-4H3,(H2,22,23,24). The number of benzene rings is 1. The highest BCUT2D eigenvalue weighted by Gasteiger charge is 2.29. The van der Waals surface area contributed by atoms with E-state index in [9.17, 15) is 0 Å². The van der Waals surface area contributed by atoms with Gasteiger partial charge in [-0.2, -0.15) is 5.10 Å². The first-order valence-corrected chi connectivity index (χ1v) is 9.79. The highest BCUT2D eigenvalue weighted by Crippen LogP contribution is 2.24. The van der Waals surface area contributed by atoms with E-state index in [0.29, 0.717) is 6.54 Å². The maximum atomic E-state index is 5.86. The molecule has 1 aromatic heterocycles. The number of aryl methyl sites for hydroxylation is 1. The normalized spacial score (nSPS) is 20.1. The lowest BCUT2D eigenvalue weighted by atomic mass is 10.0. The molecule has 2 N–H and O–H groups in total. The Hall–Kier alpha value is -2.34. The number of nitrogens with one attached hydrogen (secondary N) is 2. The van der Waals surface area contributed by atoms with Gasteiger partial charge >= 0.3 is 0 Å². The third kappa shape index (κ3) is 4.69. The van der Waals surface area contributed by atoms with Crippen LogP contribution < -0.4 is 10.6 Å². The second kappa shape index (κ2) is 8.57. The van der Waals surface area contributed by atoms with Crippen molar-refractivity contribution in [3.8, 4) is 5.69 Å². The van der Waals surface area contributed by atoms with Gasteiger partial charge in [-0.1, -0.05) is 18.2 Å². The molecular formula is C21H31N5O. The average molecular weight is 370 g/mol. The van der Waals surface area contributed by atoms with E-state index in [2.05, 4.69) is 43.5 Å². The van der Waals surface area contributed by atoms with Crippen molar-refractivity contribution in [2.24, 2.45) is 4.99 Å². The van der Waals surface area contributed by atoms with Crippen molar-refractivity contribution in [2.75, 3.05) is 19.7 Å². The zero-order valence-corrected chi connectivity index (χ0v) is 16.9. The molecule has 1 saturated heterocycles. The summed E-state index contributed by atoms with van der Waals surface area (Å²) >= 11 is 0. The molecule has 0 bridgehead atoms. The average Bonchev–Trinajstić information content (AvgIpc) is 3.22. The molecule has 146 valence electrons. The number of rotatable bonds is 6. The van der Waals surface area contributed by atoms with Crippen LogP contribution in [0.3, 0.4) is 0 Å². The van der Waals surface area contributed by atoms with Gasteiger partial charge in [-0.05, 0) is 52.7 Å². The number of nitrogens with zero attached hydrogens (tertiary/aromatic N) is 3. The maximum absolute atomic E-state index is 5.86. The van der Waals surface area contributed by atoms with Crippen LogP contribution >= 0.6 is 0 Å². The molecule has 0 spiro atoms. The molecule has 0 radical (unpaired) electrons. The summed E-state index contributed by atoms with van der Waals surface area (Å²) in [6, 6.07) is 10.2. The van der Waals surface area contributed by atoms with Gasteiger partial charge in [0.25, 0.3) is 0 Å². The summed E-state index contributed by atoms with van der Waals surface area (Å²) in [6.07, 6.45) is 2.21. The van der Waals surface area contributed by atoms with Crippen LogP contribution in [0.25, 0.3) is 5.69 Å². The van der Waals surface area contributed by atoms with E-state index in [1.165, 1.54) is 5.56 Å². The molecule has 0 saturated carbocycles. The van der Waals surface area contributed by atoms with Gasteiger partial charge in [-0.15, -0.1) is 0 Å². The van der Waals surface area contributed by atoms with E-state index in [4.69, 9.17) is 14.8 Å². The van der Waals surface area contributed by atoms with Gasteiger partial charge in [0.05, 0.1) is 23.5 Å². The van der Waals surface area contributed by atoms with Crippen molar-refractivity contribution in [3.05, 3.63) is 47.3 Å². The smallest absolute Gasteiger partial charge is 0.191 e. The maximum Gasteiger partial charge on any atom is 0.191 e. The van der Waals surface area contributed by atoms with Crippen LogP contribution in [0.5, 0.6) is 0 Å². The van der Waals surface area contributed by atoms with E-state index in [1.54, 1.807) is 0 Å². The topological polar surface area (TPSA) is 63.5 Å². The summed E-state index contributed by atoms with van der Waals surface area (Å²) < 4.78 is 7.86. The third-order valence-electron chi connectivity index (χ3n) is 5.11. The molecule has 3 rings (SSSR count). The second-order valence-corrected chi connectivity index (χ2v) is 7.35. The number of ether oxygens (including phenoxy) is 1. The number of aromatic nitrogens is 2. The minimum absolute atomic E-state index is 0.0970. The molecule has 6 heteroatoms. The van der Waals surface area contributed by atoms with Crippen LogP contribution in [-0.2, 0) is 11.3 Å². The summed E-state index contributed by atoms with van der Waals surface area (Å²) in [5.74, 6) is 0.820. The highest BCUT2D eigenvalue weighted by atomic mass is 16.5. The summed E-state index contributed by atoms with van der Waals surface area (Å²) in [4.78, 5) is 4.79. The molecule has 1 aromatic carbocycles. The highest BCUT2D eigenvalue weighted by molar-refractivity contribution is 5.79. The predicted octanol–water partition coefficient (Wildman–Crippen LogP) is 3.11. The zero-order valence-electron chi connectivity index (χ0n) is 16.9. The van der Waals surface area contributed by atoms with E-state index in [0.717, 1.165) is 55.6 Å². The van der Waals surface area contributed by atoms with E-state index in [1.807, 2.05) is 29.8 Å². The van der Waals surface area contributed by atoms with Crippen molar-refractivity contribution < 1.29 is 4.74 Å². The van der Waals surface area contributed by atoms with Crippen molar-refractivity contribution in [1.29, 1.82) is 0 Å². The van der Waals surface area contributed by atoms with Crippen LogP contribution in [0, 0.1) is 13.8 Å². The van der Waals surface area contributed by atoms with Gasteiger partial charge in [0.15, 0.2) is 5.96 Å². The van der Waals surface area contributed by atoms with E-state index >= 15 is 0 Å². The van der Waals surface area contributed by atoms with Crippen molar-refractivity contribution >= 4 is 5.96 Å². The number of guanidine groups is 1. The Labute approximate surface area is 162 Å². The summed E-state index contributed by atoms with van der Waals surface area (Å²) in [5.41, 5.74) is 4.29. The molecule has 6 nitrogen and oxygen atoms in total. The quantitative estimate of drug-likeness (QED) is 0.607. The van der Waals surface area contributed by atoms with E-state index < -0.39 is 0 Å². The van der Waals surface area contributed by atoms with Crippen molar-refractivity contribution in [2.45, 2.75) is 52.7 Å². The number of hydrogen-bond acceptors (Lipinski definition) is 3. The first-order chi connectivity index (χ1) is 13.0. The Morgan fingerprint density at radius 2 is 2.04 bits per heavy atom. The fourth-order valence-electron chi connectivity index (χ4n) is 3.47. The lowest BCUT2D eigenvalue weighted by molar-refractivity contribution is 0.0243. The van der Waals surface area contributed by atoms with Crippen molar-refractivity contribution in [1.82, 2.24) is 20.4 Å². The minimum Gasteiger partial charge on any atom is -0.373 e. The summed E-state index contributed by atoms with van der Waals surface area (Å²) in [7, 11) is 0. The molecule has 2 heterocycles. The Morgan fingerprint density at radius 3 is 2.70 bits per heavy atom. The molecule has 1 fully saturated rings. The lowest BCUT2D eigenvalue weighted by Crippen LogP contribution is -2.45. The monoisotopic (exact) mass is 369 g/mol. The third-order valence-corrected chi connectivity index (χ3v) is 5.11. The van der Waals surface area contributed by atoms with Crippen LogP contribution in [0.1, 0.15) is 43.6 Å². The van der Waals surface area contributed by atoms with Gasteiger partial charge in [0.1, 0.15) is 0 Å². The molecule has 1 atom stereocenters. The molecule has 1 unspecified atom stereocenters. The molecule has 27 heavy (non-hydrogen) atoms. The molecule has 0 amide bonds. The zero-order chi connectivity index (χ0) is 19.3. The Bertz CT molecular complexity index is 775. The van der Waals surface area contributed by atoms with Crippen LogP contribution in [0.4, 0.5) is 0 Å². The Kier molecular flexibility index (Phi) is 6.16. The van der Waals surface area contributed by atoms with Gasteiger partial charge in [0, 0.05) is 31.0 Å². The molecule has 1 aliphatic heterocycles. The fourth-order valence-corrected chi connectivity index (χ4v) is 3.47. The first-order valence-electron chi connectivity index (χ1n) is 9.79. The van der Waals surface area contributed by atoms with Crippen LogP contribution in [-0.4, -0.2) is 41.0 Å². The molecule has 1 aliphatic rings. The second-order valence-electron chi connectivity index (χ2n) is 7.35. The van der Waals surface area contributed by atoms with Gasteiger partial charge in [0.2, 0.25) is 0 Å². The van der Waals surface area contributed by atoms with Gasteiger partial charge in [-0.3, -0.25) is 0 Å². The SMILES string of the molecule is CCNC(=NCc1c(C)nn(-c2ccccc2)c1C)NCC1(C)CCCO1. The first kappa shape index (κ1) is 19.4. The lowest BCUT2D eigenvalue weighted by Gasteiger charge is -2.24. The summed E-state index contributed by atoms with van der Waals surface area (Å²) in [5, 5.41) is 11.5. The fraction of sp³-hybridized carbons (Fsp3) is 0.524. The number of aliphatic imine (C=N–C) groups is 1. The summed E-state index contributed by atoms with van der Waals surface area (Å²) in [6.45, 7) is 11.4. The molecular weight excluding hydrogens is 338 g/mol. The largest absolute Gasteiger partial charge is 0.373 e. The number of hydrogen-bond donors (Lipinski definition) is 2. The predicted molar refractivity (Wildman–Crippen MR) is 109 cm³/mol. The molecule has 0 aliphatic carbocycles. The number of para-hydroxylation sites is 1. The van der Waals surface area contributed by atoms with Crippen LogP contribution in [0.15, 0.2) is 35.3 Å². The minimum atomic E-state index is -0.0970. The Morgan fingerprint density at radius 1 is 1.26 bits per heavy atom. The molecule has 2 aromatic rings. The Balaban J connectivity index is 1.73. The van der Waals surface area contributed by atoms with Gasteiger partial charge < -0.3 is 15.4 Å².